The Balaban J connectivity index is 2.55. The highest BCUT2D eigenvalue weighted by molar-refractivity contribution is 6.07. The summed E-state index contributed by atoms with van der Waals surface area (Å²) < 4.78 is 0. The fourth-order valence-corrected chi connectivity index (χ4v) is 1.99. The van der Waals surface area contributed by atoms with Crippen molar-refractivity contribution in [1.29, 1.82) is 0 Å². The molecule has 18 heavy (non-hydrogen) atoms. The molecule has 0 atom stereocenters. The van der Waals surface area contributed by atoms with Gasteiger partial charge in [-0.15, -0.1) is 0 Å². The number of carbonyl (C=O) groups is 2. The maximum Gasteiger partial charge on any atom is 0.249 e. The van der Waals surface area contributed by atoms with Crippen molar-refractivity contribution in [2.45, 2.75) is 6.42 Å². The van der Waals surface area contributed by atoms with Gasteiger partial charge in [-0.05, 0) is 22.8 Å². The Labute approximate surface area is 105 Å². The van der Waals surface area contributed by atoms with Gasteiger partial charge in [0.2, 0.25) is 11.8 Å². The summed E-state index contributed by atoms with van der Waals surface area (Å²) in [5, 5.41) is 1.73. The lowest BCUT2D eigenvalue weighted by molar-refractivity contribution is -0.115. The molecule has 4 nitrogen and oxygen atoms in total. The van der Waals surface area contributed by atoms with Gasteiger partial charge in [-0.1, -0.05) is 36.4 Å². The average molecular weight is 241 g/mol. The summed E-state index contributed by atoms with van der Waals surface area (Å²) in [5.41, 5.74) is 11.6. The summed E-state index contributed by atoms with van der Waals surface area (Å²) in [7, 11) is 0. The van der Waals surface area contributed by atoms with E-state index in [2.05, 4.69) is 0 Å². The predicted octanol–water partition coefficient (Wildman–Crippen LogP) is 1.17. The fourth-order valence-electron chi connectivity index (χ4n) is 1.99. The van der Waals surface area contributed by atoms with Gasteiger partial charge in [-0.25, -0.2) is 0 Å². The summed E-state index contributed by atoms with van der Waals surface area (Å²) in [6.07, 6.45) is 1.63. The molecular formula is C14H13N2O2. The van der Waals surface area contributed by atoms with E-state index in [-0.39, 0.29) is 0 Å². The second-order valence-electron chi connectivity index (χ2n) is 4.00. The van der Waals surface area contributed by atoms with Crippen LogP contribution in [0.5, 0.6) is 0 Å². The first kappa shape index (κ1) is 12.1. The van der Waals surface area contributed by atoms with Gasteiger partial charge >= 0.3 is 0 Å². The van der Waals surface area contributed by atoms with E-state index >= 15 is 0 Å². The predicted molar refractivity (Wildman–Crippen MR) is 69.7 cm³/mol. The minimum atomic E-state index is -0.515. The van der Waals surface area contributed by atoms with Gasteiger partial charge in [0.05, 0.1) is 12.0 Å². The van der Waals surface area contributed by atoms with Crippen LogP contribution in [0, 0.1) is 6.42 Å². The van der Waals surface area contributed by atoms with Crippen LogP contribution in [0.1, 0.15) is 15.9 Å². The Morgan fingerprint density at radius 2 is 1.78 bits per heavy atom. The van der Waals surface area contributed by atoms with Gasteiger partial charge in [0.1, 0.15) is 0 Å². The molecule has 0 aliphatic carbocycles. The second kappa shape index (κ2) is 4.87. The van der Waals surface area contributed by atoms with Gasteiger partial charge in [0, 0.05) is 0 Å². The third kappa shape index (κ3) is 2.32. The first-order chi connectivity index (χ1) is 8.59. The summed E-state index contributed by atoms with van der Waals surface area (Å²) in [4.78, 5) is 22.3. The van der Waals surface area contributed by atoms with Gasteiger partial charge in [0.15, 0.2) is 0 Å². The lowest BCUT2D eigenvalue weighted by Crippen LogP contribution is -2.17. The van der Waals surface area contributed by atoms with Crippen LogP contribution in [-0.2, 0) is 11.2 Å². The molecule has 2 amide bonds. The van der Waals surface area contributed by atoms with Crippen LogP contribution < -0.4 is 11.5 Å². The minimum absolute atomic E-state index is 0.304. The number of amides is 2. The maximum atomic E-state index is 11.6. The van der Waals surface area contributed by atoms with Crippen LogP contribution in [0.4, 0.5) is 0 Å². The lowest BCUT2D eigenvalue weighted by atomic mass is 9.95. The fraction of sp³-hybridized carbons (Fsp3) is 0.0714. The Hall–Kier alpha value is -2.36. The summed E-state index contributed by atoms with van der Waals surface area (Å²) in [6, 6.07) is 11.2. The molecular weight excluding hydrogens is 228 g/mol. The normalized spacial score (nSPS) is 10.4. The molecule has 0 fully saturated rings. The third-order valence-corrected chi connectivity index (χ3v) is 2.78. The maximum absolute atomic E-state index is 11.6. The van der Waals surface area contributed by atoms with Gasteiger partial charge in [-0.3, -0.25) is 9.59 Å². The molecule has 2 aromatic carbocycles. The van der Waals surface area contributed by atoms with Crippen molar-refractivity contribution in [3.63, 3.8) is 0 Å². The SMILES string of the molecule is NC(=O)[CH]Cc1ccc2ccccc2c1C(N)=O. The van der Waals surface area contributed by atoms with E-state index in [1.54, 1.807) is 6.07 Å². The van der Waals surface area contributed by atoms with Crippen molar-refractivity contribution >= 4 is 22.6 Å². The highest BCUT2D eigenvalue weighted by atomic mass is 16.1. The van der Waals surface area contributed by atoms with Crippen molar-refractivity contribution < 1.29 is 9.59 Å². The molecule has 0 aliphatic heterocycles. The zero-order valence-electron chi connectivity index (χ0n) is 9.72. The molecule has 0 aliphatic rings. The lowest BCUT2D eigenvalue weighted by Gasteiger charge is -2.09. The molecule has 1 radical (unpaired) electrons. The number of nitrogens with two attached hydrogens (primary N) is 2. The minimum Gasteiger partial charge on any atom is -0.369 e. The number of rotatable bonds is 4. The quantitative estimate of drug-likeness (QED) is 0.841. The molecule has 4 heteroatoms. The van der Waals surface area contributed by atoms with Crippen LogP contribution >= 0.6 is 0 Å². The highest BCUT2D eigenvalue weighted by Crippen LogP contribution is 2.23. The molecule has 0 heterocycles. The van der Waals surface area contributed by atoms with Crippen LogP contribution in [0.25, 0.3) is 10.8 Å². The number of carbonyl (C=O) groups excluding carboxylic acids is 2. The molecule has 2 aromatic rings. The van der Waals surface area contributed by atoms with Gasteiger partial charge in [-0.2, -0.15) is 0 Å². The largest absolute Gasteiger partial charge is 0.369 e. The zero-order chi connectivity index (χ0) is 13.1. The van der Waals surface area contributed by atoms with E-state index in [4.69, 9.17) is 11.5 Å². The zero-order valence-corrected chi connectivity index (χ0v) is 9.72. The van der Waals surface area contributed by atoms with Crippen molar-refractivity contribution in [3.8, 4) is 0 Å². The van der Waals surface area contributed by atoms with Gasteiger partial charge < -0.3 is 11.5 Å². The number of fused-ring (bicyclic) bond motifs is 1. The van der Waals surface area contributed by atoms with Crippen LogP contribution in [0.3, 0.4) is 0 Å². The molecule has 0 saturated heterocycles. The number of hydrogen-bond donors (Lipinski definition) is 2. The number of primary amides is 2. The van der Waals surface area contributed by atoms with E-state index in [1.807, 2.05) is 30.3 Å². The van der Waals surface area contributed by atoms with E-state index < -0.39 is 11.8 Å². The number of benzene rings is 2. The smallest absolute Gasteiger partial charge is 0.249 e. The van der Waals surface area contributed by atoms with Crippen molar-refractivity contribution in [1.82, 2.24) is 0 Å². The Morgan fingerprint density at radius 3 is 2.44 bits per heavy atom. The molecule has 0 spiro atoms. The topological polar surface area (TPSA) is 86.2 Å². The average Bonchev–Trinajstić information content (AvgIpc) is 2.35. The highest BCUT2D eigenvalue weighted by Gasteiger charge is 2.13. The van der Waals surface area contributed by atoms with Crippen LogP contribution in [0.2, 0.25) is 0 Å². The molecule has 0 bridgehead atoms. The molecule has 0 aromatic heterocycles. The summed E-state index contributed by atoms with van der Waals surface area (Å²) in [5.74, 6) is -1.02. The second-order valence-corrected chi connectivity index (χ2v) is 4.00. The summed E-state index contributed by atoms with van der Waals surface area (Å²) in [6.45, 7) is 0. The monoisotopic (exact) mass is 241 g/mol. The number of hydrogen-bond acceptors (Lipinski definition) is 2. The van der Waals surface area contributed by atoms with Crippen molar-refractivity contribution in [2.24, 2.45) is 11.5 Å². The first-order valence-corrected chi connectivity index (χ1v) is 5.52. The van der Waals surface area contributed by atoms with Crippen molar-refractivity contribution in [3.05, 3.63) is 53.9 Å². The van der Waals surface area contributed by atoms with Crippen LogP contribution in [0.15, 0.2) is 36.4 Å². The van der Waals surface area contributed by atoms with E-state index in [0.717, 1.165) is 10.8 Å². The Bertz CT molecular complexity index is 620. The Morgan fingerprint density at radius 1 is 1.06 bits per heavy atom. The van der Waals surface area contributed by atoms with Crippen molar-refractivity contribution in [2.75, 3.05) is 0 Å². The van der Waals surface area contributed by atoms with E-state index in [0.29, 0.717) is 17.5 Å². The Kier molecular flexibility index (Phi) is 3.28. The molecule has 0 saturated carbocycles. The first-order valence-electron chi connectivity index (χ1n) is 5.52. The van der Waals surface area contributed by atoms with Crippen LogP contribution in [-0.4, -0.2) is 11.8 Å². The molecule has 2 rings (SSSR count). The van der Waals surface area contributed by atoms with Gasteiger partial charge in [0.25, 0.3) is 0 Å². The van der Waals surface area contributed by atoms with E-state index in [1.165, 1.54) is 6.42 Å². The summed E-state index contributed by atoms with van der Waals surface area (Å²) >= 11 is 0. The van der Waals surface area contributed by atoms with E-state index in [9.17, 15) is 9.59 Å². The molecule has 91 valence electrons. The molecule has 4 N–H and O–H groups in total. The third-order valence-electron chi connectivity index (χ3n) is 2.78. The molecule has 0 unspecified atom stereocenters. The standard InChI is InChI=1S/C14H13N2O2/c15-12(17)8-7-10-6-5-9-3-1-2-4-11(9)13(10)14(16)18/h1-6,8H,7H2,(H2,15,17)(H2,16,18).